The van der Waals surface area contributed by atoms with Gasteiger partial charge in [-0.3, -0.25) is 4.79 Å². The molecule has 2 aromatic carbocycles. The SMILES string of the molecule is Cc1cc(S(=O)(=O)N(C)C)cc(NCC(=O)Nc2ccccc2)c1C. The maximum Gasteiger partial charge on any atom is 0.243 e. The van der Waals surface area contributed by atoms with Gasteiger partial charge >= 0.3 is 0 Å². The number of sulfonamides is 1. The van der Waals surface area contributed by atoms with Crippen LogP contribution in [0.4, 0.5) is 11.4 Å². The van der Waals surface area contributed by atoms with Crippen LogP contribution in [0.1, 0.15) is 11.1 Å². The van der Waals surface area contributed by atoms with Gasteiger partial charge in [0.2, 0.25) is 15.9 Å². The van der Waals surface area contributed by atoms with Crippen LogP contribution in [0.25, 0.3) is 0 Å². The van der Waals surface area contributed by atoms with Crippen LogP contribution in [0.3, 0.4) is 0 Å². The molecule has 0 atom stereocenters. The molecule has 0 radical (unpaired) electrons. The second-order valence-corrected chi connectivity index (χ2v) is 8.12. The predicted molar refractivity (Wildman–Crippen MR) is 100 cm³/mol. The van der Waals surface area contributed by atoms with Crippen molar-refractivity contribution >= 4 is 27.3 Å². The van der Waals surface area contributed by atoms with Gasteiger partial charge in [0.15, 0.2) is 0 Å². The van der Waals surface area contributed by atoms with Crippen molar-refractivity contribution in [2.24, 2.45) is 0 Å². The van der Waals surface area contributed by atoms with Crippen LogP contribution < -0.4 is 10.6 Å². The van der Waals surface area contributed by atoms with E-state index in [-0.39, 0.29) is 17.3 Å². The number of hydrogen-bond donors (Lipinski definition) is 2. The fraction of sp³-hybridized carbons (Fsp3) is 0.278. The molecule has 7 heteroatoms. The van der Waals surface area contributed by atoms with E-state index in [1.807, 2.05) is 32.0 Å². The Balaban J connectivity index is 2.16. The largest absolute Gasteiger partial charge is 0.376 e. The van der Waals surface area contributed by atoms with E-state index in [9.17, 15) is 13.2 Å². The van der Waals surface area contributed by atoms with Gasteiger partial charge in [-0.2, -0.15) is 0 Å². The lowest BCUT2D eigenvalue weighted by atomic mass is 10.1. The number of para-hydroxylation sites is 1. The second kappa shape index (κ2) is 7.67. The quantitative estimate of drug-likeness (QED) is 0.829. The first-order chi connectivity index (χ1) is 11.7. The summed E-state index contributed by atoms with van der Waals surface area (Å²) in [5, 5.41) is 5.81. The molecule has 2 rings (SSSR count). The first-order valence-electron chi connectivity index (χ1n) is 7.84. The van der Waals surface area contributed by atoms with Gasteiger partial charge in [-0.05, 0) is 49.2 Å². The third kappa shape index (κ3) is 4.58. The minimum Gasteiger partial charge on any atom is -0.376 e. The average Bonchev–Trinajstić information content (AvgIpc) is 2.56. The number of benzene rings is 2. The molecule has 0 spiro atoms. The third-order valence-electron chi connectivity index (χ3n) is 3.92. The van der Waals surface area contributed by atoms with Gasteiger partial charge in [0.25, 0.3) is 0 Å². The van der Waals surface area contributed by atoms with Crippen molar-refractivity contribution in [1.82, 2.24) is 4.31 Å². The van der Waals surface area contributed by atoms with Crippen LogP contribution in [0.2, 0.25) is 0 Å². The Kier molecular flexibility index (Phi) is 5.81. The van der Waals surface area contributed by atoms with Gasteiger partial charge in [-0.1, -0.05) is 18.2 Å². The van der Waals surface area contributed by atoms with Gasteiger partial charge in [-0.15, -0.1) is 0 Å². The molecule has 25 heavy (non-hydrogen) atoms. The molecule has 0 fully saturated rings. The van der Waals surface area contributed by atoms with E-state index in [4.69, 9.17) is 0 Å². The summed E-state index contributed by atoms with van der Waals surface area (Å²) in [6.07, 6.45) is 0. The van der Waals surface area contributed by atoms with Crippen LogP contribution >= 0.6 is 0 Å². The molecular weight excluding hydrogens is 338 g/mol. The minimum atomic E-state index is -3.53. The lowest BCUT2D eigenvalue weighted by molar-refractivity contribution is -0.114. The highest BCUT2D eigenvalue weighted by molar-refractivity contribution is 7.89. The van der Waals surface area contributed by atoms with E-state index in [0.29, 0.717) is 11.4 Å². The van der Waals surface area contributed by atoms with E-state index in [2.05, 4.69) is 10.6 Å². The van der Waals surface area contributed by atoms with Crippen LogP contribution in [0, 0.1) is 13.8 Å². The summed E-state index contributed by atoms with van der Waals surface area (Å²) in [6, 6.07) is 12.4. The number of aryl methyl sites for hydroxylation is 1. The molecule has 0 saturated heterocycles. The van der Waals surface area contributed by atoms with Crippen LogP contribution in [-0.2, 0) is 14.8 Å². The summed E-state index contributed by atoms with van der Waals surface area (Å²) >= 11 is 0. The van der Waals surface area contributed by atoms with Crippen molar-refractivity contribution in [2.75, 3.05) is 31.3 Å². The van der Waals surface area contributed by atoms with E-state index in [1.54, 1.807) is 24.3 Å². The molecule has 0 unspecified atom stereocenters. The van der Waals surface area contributed by atoms with Crippen LogP contribution in [-0.4, -0.2) is 39.3 Å². The Morgan fingerprint density at radius 3 is 2.32 bits per heavy atom. The van der Waals surface area contributed by atoms with Crippen molar-refractivity contribution in [1.29, 1.82) is 0 Å². The number of carbonyl (C=O) groups is 1. The Morgan fingerprint density at radius 1 is 1.08 bits per heavy atom. The highest BCUT2D eigenvalue weighted by Gasteiger charge is 2.19. The molecule has 0 aliphatic rings. The van der Waals surface area contributed by atoms with E-state index >= 15 is 0 Å². The number of amides is 1. The number of carbonyl (C=O) groups excluding carboxylic acids is 1. The predicted octanol–water partition coefficient (Wildman–Crippen LogP) is 2.60. The van der Waals surface area contributed by atoms with Crippen LogP contribution in [0.5, 0.6) is 0 Å². The fourth-order valence-electron chi connectivity index (χ4n) is 2.27. The molecule has 0 bridgehead atoms. The molecule has 0 saturated carbocycles. The van der Waals surface area contributed by atoms with Gasteiger partial charge in [0, 0.05) is 25.5 Å². The molecule has 1 amide bonds. The average molecular weight is 361 g/mol. The molecule has 0 heterocycles. The Morgan fingerprint density at radius 2 is 1.72 bits per heavy atom. The topological polar surface area (TPSA) is 78.5 Å². The van der Waals surface area contributed by atoms with E-state index in [1.165, 1.54) is 18.4 Å². The molecule has 134 valence electrons. The number of rotatable bonds is 6. The summed E-state index contributed by atoms with van der Waals surface area (Å²) in [6.45, 7) is 3.78. The summed E-state index contributed by atoms with van der Waals surface area (Å²) in [5.41, 5.74) is 3.09. The lowest BCUT2D eigenvalue weighted by Crippen LogP contribution is -2.24. The summed E-state index contributed by atoms with van der Waals surface area (Å²) in [4.78, 5) is 12.3. The Hall–Kier alpha value is -2.38. The second-order valence-electron chi connectivity index (χ2n) is 5.97. The highest BCUT2D eigenvalue weighted by Crippen LogP contribution is 2.25. The molecule has 6 nitrogen and oxygen atoms in total. The summed E-state index contributed by atoms with van der Waals surface area (Å²) in [5.74, 6) is -0.205. The van der Waals surface area contributed by atoms with Crippen molar-refractivity contribution in [2.45, 2.75) is 18.7 Å². The summed E-state index contributed by atoms with van der Waals surface area (Å²) in [7, 11) is -0.551. The first-order valence-corrected chi connectivity index (χ1v) is 9.28. The third-order valence-corrected chi connectivity index (χ3v) is 5.71. The molecule has 0 aliphatic heterocycles. The van der Waals surface area contributed by atoms with Crippen molar-refractivity contribution in [3.05, 3.63) is 53.6 Å². The number of nitrogens with zero attached hydrogens (tertiary/aromatic N) is 1. The van der Waals surface area contributed by atoms with Gasteiger partial charge < -0.3 is 10.6 Å². The smallest absolute Gasteiger partial charge is 0.243 e. The monoisotopic (exact) mass is 361 g/mol. The highest BCUT2D eigenvalue weighted by atomic mass is 32.2. The first kappa shape index (κ1) is 19.0. The Bertz CT molecular complexity index is 863. The van der Waals surface area contributed by atoms with Gasteiger partial charge in [0.1, 0.15) is 0 Å². The number of anilines is 2. The molecule has 2 aromatic rings. The minimum absolute atomic E-state index is 0.0423. The number of hydrogen-bond acceptors (Lipinski definition) is 4. The van der Waals surface area contributed by atoms with E-state index in [0.717, 1.165) is 11.1 Å². The van der Waals surface area contributed by atoms with Crippen molar-refractivity contribution in [3.8, 4) is 0 Å². The van der Waals surface area contributed by atoms with E-state index < -0.39 is 10.0 Å². The van der Waals surface area contributed by atoms with Crippen molar-refractivity contribution < 1.29 is 13.2 Å². The molecular formula is C18H23N3O3S. The fourth-order valence-corrected chi connectivity index (χ4v) is 3.29. The zero-order valence-corrected chi connectivity index (χ0v) is 15.6. The van der Waals surface area contributed by atoms with Crippen molar-refractivity contribution in [3.63, 3.8) is 0 Å². The standard InChI is InChI=1S/C18H23N3O3S/c1-13-10-16(25(23,24)21(3)4)11-17(14(13)2)19-12-18(22)20-15-8-6-5-7-9-15/h5-11,19H,12H2,1-4H3,(H,20,22). The zero-order valence-electron chi connectivity index (χ0n) is 14.8. The Labute approximate surface area is 148 Å². The maximum atomic E-state index is 12.3. The molecule has 0 aliphatic carbocycles. The maximum absolute atomic E-state index is 12.3. The van der Waals surface area contributed by atoms with Gasteiger partial charge in [0.05, 0.1) is 11.4 Å². The zero-order chi connectivity index (χ0) is 18.6. The lowest BCUT2D eigenvalue weighted by Gasteiger charge is -2.17. The molecule has 2 N–H and O–H groups in total. The number of nitrogens with one attached hydrogen (secondary N) is 2. The van der Waals surface area contributed by atoms with Gasteiger partial charge in [-0.25, -0.2) is 12.7 Å². The molecule has 0 aromatic heterocycles. The normalized spacial score (nSPS) is 11.4. The summed E-state index contributed by atoms with van der Waals surface area (Å²) < 4.78 is 25.9. The van der Waals surface area contributed by atoms with Crippen LogP contribution in [0.15, 0.2) is 47.4 Å².